The minimum Gasteiger partial charge on any atom is -0.355 e. The van der Waals surface area contributed by atoms with Gasteiger partial charge in [-0.3, -0.25) is 4.79 Å². The van der Waals surface area contributed by atoms with Crippen molar-refractivity contribution in [3.8, 4) is 0 Å². The zero-order valence-corrected chi connectivity index (χ0v) is 12.2. The molecule has 1 heterocycles. The number of hydrogen-bond acceptors (Lipinski definition) is 3. The van der Waals surface area contributed by atoms with Gasteiger partial charge in [0.2, 0.25) is 5.91 Å². The largest absolute Gasteiger partial charge is 0.355 e. The summed E-state index contributed by atoms with van der Waals surface area (Å²) < 4.78 is 0. The maximum Gasteiger partial charge on any atom is 0.223 e. The lowest BCUT2D eigenvalue weighted by atomic mass is 9.92. The predicted octanol–water partition coefficient (Wildman–Crippen LogP) is 2.28. The molecule has 0 bridgehead atoms. The smallest absolute Gasteiger partial charge is 0.223 e. The molecule has 3 nitrogen and oxygen atoms in total. The van der Waals surface area contributed by atoms with Gasteiger partial charge in [-0.25, -0.2) is 0 Å². The summed E-state index contributed by atoms with van der Waals surface area (Å²) in [6.45, 7) is 3.85. The first-order valence-corrected chi connectivity index (χ1v) is 7.93. The Morgan fingerprint density at radius 1 is 1.42 bits per heavy atom. The standard InChI is InChI=1S/C15H22N2OS/c1-12-11-13(7-8-16-12)15(18)17-9-10-19-14-5-3-2-4-6-14/h2-6,12-13,16H,7-11H2,1H3,(H,17,18)/t12-,13-/m0/s1. The third-order valence-corrected chi connectivity index (χ3v) is 4.42. The Morgan fingerprint density at radius 2 is 2.21 bits per heavy atom. The van der Waals surface area contributed by atoms with Gasteiger partial charge in [-0.05, 0) is 38.4 Å². The molecule has 2 atom stereocenters. The van der Waals surface area contributed by atoms with Gasteiger partial charge in [0.1, 0.15) is 0 Å². The molecule has 0 radical (unpaired) electrons. The maximum absolute atomic E-state index is 12.0. The van der Waals surface area contributed by atoms with E-state index < -0.39 is 0 Å². The normalized spacial score (nSPS) is 23.0. The van der Waals surface area contributed by atoms with Crippen LogP contribution in [0.4, 0.5) is 0 Å². The highest BCUT2D eigenvalue weighted by atomic mass is 32.2. The number of rotatable bonds is 5. The predicted molar refractivity (Wildman–Crippen MR) is 80.4 cm³/mol. The molecule has 0 saturated carbocycles. The minimum atomic E-state index is 0.193. The van der Waals surface area contributed by atoms with Crippen molar-refractivity contribution in [1.82, 2.24) is 10.6 Å². The van der Waals surface area contributed by atoms with Crippen LogP contribution >= 0.6 is 11.8 Å². The van der Waals surface area contributed by atoms with Gasteiger partial charge in [0.05, 0.1) is 0 Å². The van der Waals surface area contributed by atoms with Gasteiger partial charge in [-0.2, -0.15) is 0 Å². The van der Waals surface area contributed by atoms with Crippen LogP contribution in [0.5, 0.6) is 0 Å². The first kappa shape index (κ1) is 14.4. The molecule has 1 saturated heterocycles. The molecule has 1 fully saturated rings. The summed E-state index contributed by atoms with van der Waals surface area (Å²) >= 11 is 1.78. The third-order valence-electron chi connectivity index (χ3n) is 3.41. The van der Waals surface area contributed by atoms with Crippen LogP contribution in [0.15, 0.2) is 35.2 Å². The fraction of sp³-hybridized carbons (Fsp3) is 0.533. The summed E-state index contributed by atoms with van der Waals surface area (Å²) in [6, 6.07) is 10.8. The van der Waals surface area contributed by atoms with E-state index in [-0.39, 0.29) is 11.8 Å². The van der Waals surface area contributed by atoms with Crippen LogP contribution in [-0.4, -0.2) is 30.8 Å². The molecular formula is C15H22N2OS. The Kier molecular flexibility index (Phi) is 5.73. The molecular weight excluding hydrogens is 256 g/mol. The van der Waals surface area contributed by atoms with E-state index in [0.717, 1.165) is 31.7 Å². The Bertz CT molecular complexity index is 396. The van der Waals surface area contributed by atoms with Gasteiger partial charge in [0, 0.05) is 29.2 Å². The highest BCUT2D eigenvalue weighted by Crippen LogP contribution is 2.17. The second kappa shape index (κ2) is 7.56. The number of piperidine rings is 1. The second-order valence-electron chi connectivity index (χ2n) is 5.03. The molecule has 2 N–H and O–H groups in total. The zero-order chi connectivity index (χ0) is 13.5. The molecule has 0 aromatic heterocycles. The summed E-state index contributed by atoms with van der Waals surface area (Å²) in [4.78, 5) is 13.3. The Labute approximate surface area is 119 Å². The average molecular weight is 278 g/mol. The molecule has 1 amide bonds. The molecule has 2 rings (SSSR count). The van der Waals surface area contributed by atoms with Gasteiger partial charge in [-0.15, -0.1) is 11.8 Å². The van der Waals surface area contributed by atoms with Gasteiger partial charge in [-0.1, -0.05) is 18.2 Å². The number of amides is 1. The molecule has 0 spiro atoms. The van der Waals surface area contributed by atoms with E-state index in [9.17, 15) is 4.79 Å². The summed E-state index contributed by atoms with van der Waals surface area (Å²) in [5.41, 5.74) is 0. The van der Waals surface area contributed by atoms with Gasteiger partial charge in [0.25, 0.3) is 0 Å². The van der Waals surface area contributed by atoms with Crippen molar-refractivity contribution in [3.05, 3.63) is 30.3 Å². The van der Waals surface area contributed by atoms with Crippen LogP contribution in [0.1, 0.15) is 19.8 Å². The highest BCUT2D eigenvalue weighted by Gasteiger charge is 2.24. The summed E-state index contributed by atoms with van der Waals surface area (Å²) in [5.74, 6) is 1.34. The van der Waals surface area contributed by atoms with Gasteiger partial charge < -0.3 is 10.6 Å². The maximum atomic E-state index is 12.0. The average Bonchev–Trinajstić information content (AvgIpc) is 2.44. The van der Waals surface area contributed by atoms with E-state index in [1.165, 1.54) is 4.90 Å². The first-order valence-electron chi connectivity index (χ1n) is 6.94. The summed E-state index contributed by atoms with van der Waals surface area (Å²) in [6.07, 6.45) is 1.92. The van der Waals surface area contributed by atoms with Crippen LogP contribution in [0.2, 0.25) is 0 Å². The van der Waals surface area contributed by atoms with E-state index in [2.05, 4.69) is 29.7 Å². The van der Waals surface area contributed by atoms with Crippen molar-refractivity contribution in [2.75, 3.05) is 18.8 Å². The van der Waals surface area contributed by atoms with E-state index in [1.807, 2.05) is 18.2 Å². The second-order valence-corrected chi connectivity index (χ2v) is 6.20. The molecule has 19 heavy (non-hydrogen) atoms. The molecule has 1 aliphatic rings. The monoisotopic (exact) mass is 278 g/mol. The molecule has 104 valence electrons. The fourth-order valence-corrected chi connectivity index (χ4v) is 3.16. The van der Waals surface area contributed by atoms with E-state index in [4.69, 9.17) is 0 Å². The molecule has 1 aliphatic heterocycles. The van der Waals surface area contributed by atoms with Crippen molar-refractivity contribution in [2.45, 2.75) is 30.7 Å². The zero-order valence-electron chi connectivity index (χ0n) is 11.4. The van der Waals surface area contributed by atoms with Crippen LogP contribution < -0.4 is 10.6 Å². The lowest BCUT2D eigenvalue weighted by Gasteiger charge is -2.27. The van der Waals surface area contributed by atoms with Gasteiger partial charge in [0.15, 0.2) is 0 Å². The molecule has 1 aromatic rings. The Balaban J connectivity index is 1.64. The van der Waals surface area contributed by atoms with Crippen molar-refractivity contribution in [2.24, 2.45) is 5.92 Å². The fourth-order valence-electron chi connectivity index (χ4n) is 2.37. The number of hydrogen-bond donors (Lipinski definition) is 2. The number of nitrogens with one attached hydrogen (secondary N) is 2. The minimum absolute atomic E-state index is 0.193. The Hall–Kier alpha value is -1.00. The van der Waals surface area contributed by atoms with Crippen LogP contribution in [-0.2, 0) is 4.79 Å². The van der Waals surface area contributed by atoms with Crippen molar-refractivity contribution >= 4 is 17.7 Å². The van der Waals surface area contributed by atoms with Crippen molar-refractivity contribution in [3.63, 3.8) is 0 Å². The number of carbonyl (C=O) groups excluding carboxylic acids is 1. The number of thioether (sulfide) groups is 1. The highest BCUT2D eigenvalue weighted by molar-refractivity contribution is 7.99. The molecule has 1 aromatic carbocycles. The SMILES string of the molecule is C[C@H]1C[C@@H](C(=O)NCCSc2ccccc2)CCN1. The third kappa shape index (κ3) is 4.88. The summed E-state index contributed by atoms with van der Waals surface area (Å²) in [7, 11) is 0. The quantitative estimate of drug-likeness (QED) is 0.641. The number of benzene rings is 1. The molecule has 4 heteroatoms. The Morgan fingerprint density at radius 3 is 2.95 bits per heavy atom. The van der Waals surface area contributed by atoms with Crippen molar-refractivity contribution < 1.29 is 4.79 Å². The molecule has 0 aliphatic carbocycles. The van der Waals surface area contributed by atoms with E-state index in [1.54, 1.807) is 11.8 Å². The summed E-state index contributed by atoms with van der Waals surface area (Å²) in [5, 5.41) is 6.43. The topological polar surface area (TPSA) is 41.1 Å². The van der Waals surface area contributed by atoms with Gasteiger partial charge >= 0.3 is 0 Å². The first-order chi connectivity index (χ1) is 9.25. The van der Waals surface area contributed by atoms with Crippen LogP contribution in [0.25, 0.3) is 0 Å². The van der Waals surface area contributed by atoms with Crippen LogP contribution in [0, 0.1) is 5.92 Å². The van der Waals surface area contributed by atoms with Crippen molar-refractivity contribution in [1.29, 1.82) is 0 Å². The van der Waals surface area contributed by atoms with Crippen LogP contribution in [0.3, 0.4) is 0 Å². The molecule has 0 unspecified atom stereocenters. The van der Waals surface area contributed by atoms with E-state index >= 15 is 0 Å². The van der Waals surface area contributed by atoms with E-state index in [0.29, 0.717) is 6.04 Å². The lowest BCUT2D eigenvalue weighted by Crippen LogP contribution is -2.42. The number of carbonyl (C=O) groups is 1. The lowest BCUT2D eigenvalue weighted by molar-refractivity contribution is -0.125.